The molecule has 3 heterocycles. The lowest BCUT2D eigenvalue weighted by Crippen LogP contribution is -2.30. The molecular formula is C19H18N2O5. The first-order valence-corrected chi connectivity index (χ1v) is 8.37. The van der Waals surface area contributed by atoms with E-state index in [0.717, 1.165) is 11.1 Å². The van der Waals surface area contributed by atoms with Crippen molar-refractivity contribution < 1.29 is 24.2 Å². The van der Waals surface area contributed by atoms with Gasteiger partial charge in [-0.25, -0.2) is 0 Å². The van der Waals surface area contributed by atoms with Crippen LogP contribution in [0.25, 0.3) is 0 Å². The number of carboxylic acid groups (broad SMARTS) is 1. The molecule has 134 valence electrons. The molecule has 1 aromatic carbocycles. The molecule has 1 N–H and O–H groups in total. The second-order valence-electron chi connectivity index (χ2n) is 6.59. The van der Waals surface area contributed by atoms with E-state index in [2.05, 4.69) is 4.98 Å². The van der Waals surface area contributed by atoms with Gasteiger partial charge in [0.15, 0.2) is 11.5 Å². The van der Waals surface area contributed by atoms with Crippen LogP contribution in [0.5, 0.6) is 11.5 Å². The Balaban J connectivity index is 1.60. The maximum absolute atomic E-state index is 12.7. The van der Waals surface area contributed by atoms with E-state index in [1.54, 1.807) is 29.3 Å². The van der Waals surface area contributed by atoms with Crippen LogP contribution in [0.15, 0.2) is 36.5 Å². The minimum atomic E-state index is -0.917. The zero-order valence-electron chi connectivity index (χ0n) is 14.2. The molecule has 2 aliphatic heterocycles. The van der Waals surface area contributed by atoms with Gasteiger partial charge in [0, 0.05) is 25.2 Å². The first-order chi connectivity index (χ1) is 12.5. The number of fused-ring (bicyclic) bond motifs is 1. The molecule has 2 aromatic rings. The van der Waals surface area contributed by atoms with E-state index in [-0.39, 0.29) is 25.2 Å². The number of amides is 1. The van der Waals surface area contributed by atoms with Crippen LogP contribution in [0.3, 0.4) is 0 Å². The lowest BCUT2D eigenvalue weighted by Gasteiger charge is -2.16. The number of carboxylic acids is 1. The van der Waals surface area contributed by atoms with Crippen molar-refractivity contribution in [3.8, 4) is 11.5 Å². The van der Waals surface area contributed by atoms with E-state index in [0.29, 0.717) is 23.7 Å². The molecule has 4 rings (SSSR count). The van der Waals surface area contributed by atoms with Crippen LogP contribution in [0.1, 0.15) is 27.5 Å². The fourth-order valence-electron chi connectivity index (χ4n) is 3.46. The Morgan fingerprint density at radius 3 is 2.69 bits per heavy atom. The number of aryl methyl sites for hydroxylation is 1. The summed E-state index contributed by atoms with van der Waals surface area (Å²) in [5, 5.41) is 9.64. The Morgan fingerprint density at radius 1 is 1.15 bits per heavy atom. The van der Waals surface area contributed by atoms with Gasteiger partial charge in [-0.05, 0) is 36.2 Å². The van der Waals surface area contributed by atoms with Crippen molar-refractivity contribution in [2.45, 2.75) is 12.8 Å². The molecule has 1 fully saturated rings. The first kappa shape index (κ1) is 16.4. The van der Waals surface area contributed by atoms with Crippen molar-refractivity contribution in [2.75, 3.05) is 19.9 Å². The Kier molecular flexibility index (Phi) is 3.99. The third-order valence-corrected chi connectivity index (χ3v) is 4.88. The van der Waals surface area contributed by atoms with Gasteiger partial charge in [-0.15, -0.1) is 0 Å². The Hall–Kier alpha value is -3.09. The van der Waals surface area contributed by atoms with E-state index in [4.69, 9.17) is 9.47 Å². The summed E-state index contributed by atoms with van der Waals surface area (Å²) in [6.45, 7) is 2.54. The van der Waals surface area contributed by atoms with Crippen LogP contribution in [0.4, 0.5) is 0 Å². The van der Waals surface area contributed by atoms with Crippen molar-refractivity contribution in [1.82, 2.24) is 9.88 Å². The fraction of sp³-hybridized carbons (Fsp3) is 0.316. The predicted molar refractivity (Wildman–Crippen MR) is 91.3 cm³/mol. The summed E-state index contributed by atoms with van der Waals surface area (Å²) in [4.78, 5) is 30.2. The second kappa shape index (κ2) is 6.33. The maximum Gasteiger partial charge on any atom is 0.308 e. The number of rotatable bonds is 3. The van der Waals surface area contributed by atoms with Gasteiger partial charge in [-0.2, -0.15) is 0 Å². The monoisotopic (exact) mass is 354 g/mol. The third kappa shape index (κ3) is 2.85. The van der Waals surface area contributed by atoms with Crippen molar-refractivity contribution >= 4 is 11.9 Å². The summed E-state index contributed by atoms with van der Waals surface area (Å²) in [5.41, 5.74) is 2.12. The predicted octanol–water partition coefficient (Wildman–Crippen LogP) is 2.06. The van der Waals surface area contributed by atoms with E-state index in [9.17, 15) is 14.7 Å². The highest BCUT2D eigenvalue weighted by atomic mass is 16.7. The quantitative estimate of drug-likeness (QED) is 0.908. The lowest BCUT2D eigenvalue weighted by atomic mass is 9.89. The summed E-state index contributed by atoms with van der Waals surface area (Å²) in [6, 6.07) is 8.91. The number of aromatic nitrogens is 1. The van der Waals surface area contributed by atoms with Gasteiger partial charge in [-0.1, -0.05) is 12.1 Å². The summed E-state index contributed by atoms with van der Waals surface area (Å²) >= 11 is 0. The molecule has 1 amide bonds. The van der Waals surface area contributed by atoms with E-state index in [1.807, 2.05) is 19.1 Å². The minimum absolute atomic E-state index is 0.156. The van der Waals surface area contributed by atoms with E-state index < -0.39 is 11.9 Å². The van der Waals surface area contributed by atoms with E-state index in [1.165, 1.54) is 0 Å². The largest absolute Gasteiger partial charge is 0.481 e. The normalized spacial score (nSPS) is 21.0. The van der Waals surface area contributed by atoms with Crippen LogP contribution in [0.2, 0.25) is 0 Å². The molecule has 2 aliphatic rings. The molecule has 7 heteroatoms. The minimum Gasteiger partial charge on any atom is -0.481 e. The molecule has 1 aromatic heterocycles. The molecule has 0 spiro atoms. The van der Waals surface area contributed by atoms with Crippen molar-refractivity contribution in [1.29, 1.82) is 0 Å². The average molecular weight is 354 g/mol. The molecular weight excluding hydrogens is 336 g/mol. The van der Waals surface area contributed by atoms with Gasteiger partial charge in [0.2, 0.25) is 6.79 Å². The highest BCUT2D eigenvalue weighted by Gasteiger charge is 2.41. The Morgan fingerprint density at radius 2 is 1.96 bits per heavy atom. The average Bonchev–Trinajstić information content (AvgIpc) is 3.28. The smallest absolute Gasteiger partial charge is 0.308 e. The molecule has 0 saturated carbocycles. The highest BCUT2D eigenvalue weighted by Crippen LogP contribution is 2.39. The number of hydrogen-bond donors (Lipinski definition) is 1. The molecule has 0 radical (unpaired) electrons. The number of nitrogens with zero attached hydrogens (tertiary/aromatic N) is 2. The standard InChI is InChI=1S/C19H18N2O5/c1-11-2-4-15(20-7-11)18(22)21-8-13(14(9-21)19(23)24)12-3-5-16-17(6-12)26-10-25-16/h2-7,13-14H,8-10H2,1H3,(H,23,24)/t13-,14+/m0/s1. The number of carbonyl (C=O) groups is 2. The molecule has 2 atom stereocenters. The summed E-state index contributed by atoms with van der Waals surface area (Å²) < 4.78 is 10.7. The van der Waals surface area contributed by atoms with Gasteiger partial charge in [0.1, 0.15) is 5.69 Å². The van der Waals surface area contributed by atoms with Crippen molar-refractivity contribution in [3.05, 3.63) is 53.3 Å². The molecule has 26 heavy (non-hydrogen) atoms. The Bertz CT molecular complexity index is 865. The van der Waals surface area contributed by atoms with Gasteiger partial charge in [0.05, 0.1) is 5.92 Å². The zero-order valence-corrected chi connectivity index (χ0v) is 14.2. The van der Waals surface area contributed by atoms with E-state index >= 15 is 0 Å². The molecule has 0 bridgehead atoms. The van der Waals surface area contributed by atoms with Crippen molar-refractivity contribution in [2.24, 2.45) is 5.92 Å². The second-order valence-corrected chi connectivity index (χ2v) is 6.59. The highest BCUT2D eigenvalue weighted by molar-refractivity contribution is 5.93. The molecule has 1 saturated heterocycles. The number of aliphatic carboxylic acids is 1. The Labute approximate surface area is 150 Å². The van der Waals surface area contributed by atoms with Crippen molar-refractivity contribution in [3.63, 3.8) is 0 Å². The van der Waals surface area contributed by atoms with Gasteiger partial charge >= 0.3 is 5.97 Å². The van der Waals surface area contributed by atoms with Crippen LogP contribution < -0.4 is 9.47 Å². The number of ether oxygens (including phenoxy) is 2. The fourth-order valence-corrected chi connectivity index (χ4v) is 3.46. The summed E-state index contributed by atoms with van der Waals surface area (Å²) in [7, 11) is 0. The summed E-state index contributed by atoms with van der Waals surface area (Å²) in [6.07, 6.45) is 1.63. The molecule has 7 nitrogen and oxygen atoms in total. The number of benzene rings is 1. The topological polar surface area (TPSA) is 89.0 Å². The molecule has 0 unspecified atom stereocenters. The van der Waals surface area contributed by atoms with Crippen LogP contribution >= 0.6 is 0 Å². The number of pyridine rings is 1. The number of carbonyl (C=O) groups excluding carboxylic acids is 1. The SMILES string of the molecule is Cc1ccc(C(=O)N2C[C@@H](C(=O)O)[C@H](c3ccc4c(c3)OCO4)C2)nc1. The maximum atomic E-state index is 12.7. The van der Waals surface area contributed by atoms with Gasteiger partial charge in [-0.3, -0.25) is 14.6 Å². The first-order valence-electron chi connectivity index (χ1n) is 8.37. The molecule has 0 aliphatic carbocycles. The van der Waals surface area contributed by atoms with Crippen LogP contribution in [0, 0.1) is 12.8 Å². The summed E-state index contributed by atoms with van der Waals surface area (Å²) in [5.74, 6) is -0.896. The third-order valence-electron chi connectivity index (χ3n) is 4.88. The number of likely N-dealkylation sites (tertiary alicyclic amines) is 1. The zero-order chi connectivity index (χ0) is 18.3. The van der Waals surface area contributed by atoms with Gasteiger partial charge < -0.3 is 19.5 Å². The van der Waals surface area contributed by atoms with Crippen LogP contribution in [-0.2, 0) is 4.79 Å². The van der Waals surface area contributed by atoms with Gasteiger partial charge in [0.25, 0.3) is 5.91 Å². The van der Waals surface area contributed by atoms with Crippen LogP contribution in [-0.4, -0.2) is 46.7 Å². The lowest BCUT2D eigenvalue weighted by molar-refractivity contribution is -0.141. The number of hydrogen-bond acceptors (Lipinski definition) is 5.